The average Bonchev–Trinajstić information content (AvgIpc) is 2.55. The summed E-state index contributed by atoms with van der Waals surface area (Å²) in [5.74, 6) is 1.78. The summed E-state index contributed by atoms with van der Waals surface area (Å²) < 4.78 is 5.57. The summed E-state index contributed by atoms with van der Waals surface area (Å²) in [6.07, 6.45) is 7.13. The van der Waals surface area contributed by atoms with E-state index in [1.807, 2.05) is 12.1 Å². The van der Waals surface area contributed by atoms with E-state index in [1.54, 1.807) is 6.20 Å². The molecule has 1 aromatic rings. The number of carbonyl (C=O) groups is 1. The van der Waals surface area contributed by atoms with Gasteiger partial charge in [-0.3, -0.25) is 0 Å². The van der Waals surface area contributed by atoms with Crippen molar-refractivity contribution in [3.63, 3.8) is 0 Å². The van der Waals surface area contributed by atoms with Gasteiger partial charge < -0.3 is 20.3 Å². The summed E-state index contributed by atoms with van der Waals surface area (Å²) in [5.41, 5.74) is 1.06. The van der Waals surface area contributed by atoms with Gasteiger partial charge in [0.25, 0.3) is 0 Å². The van der Waals surface area contributed by atoms with Crippen LogP contribution in [0.15, 0.2) is 18.3 Å². The summed E-state index contributed by atoms with van der Waals surface area (Å²) in [5, 5.41) is 5.87. The molecule has 24 heavy (non-hydrogen) atoms. The Morgan fingerprint density at radius 2 is 2.29 bits per heavy atom. The highest BCUT2D eigenvalue weighted by molar-refractivity contribution is 5.73. The Balaban J connectivity index is 1.43. The minimum atomic E-state index is -0.0901. The zero-order valence-corrected chi connectivity index (χ0v) is 14.5. The largest absolute Gasteiger partial charge is 0.375 e. The topological polar surface area (TPSA) is 66.5 Å². The molecular weight excluding hydrogens is 304 g/mol. The third kappa shape index (κ3) is 4.84. The van der Waals surface area contributed by atoms with E-state index < -0.39 is 0 Å². The van der Waals surface area contributed by atoms with Crippen LogP contribution in [0.3, 0.4) is 0 Å². The lowest BCUT2D eigenvalue weighted by Gasteiger charge is -2.32. The maximum atomic E-state index is 11.9. The molecule has 0 aromatic carbocycles. The number of amides is 2. The number of rotatable bonds is 6. The Kier molecular flexibility index (Phi) is 5.91. The first kappa shape index (κ1) is 17.0. The van der Waals surface area contributed by atoms with Crippen LogP contribution in [-0.2, 0) is 11.3 Å². The number of anilines is 1. The molecule has 0 bridgehead atoms. The zero-order chi connectivity index (χ0) is 16.8. The standard InChI is InChI=1S/C18H28N4O2/c1-14-13-22(9-10-24-14)17-11-16(6-7-19-17)12-21-18(23)20-8-5-15-3-2-4-15/h6-7,11,14-15H,2-5,8-10,12-13H2,1H3,(H2,20,21,23)/t14-/m0/s1. The van der Waals surface area contributed by atoms with Crippen LogP contribution in [0.25, 0.3) is 0 Å². The van der Waals surface area contributed by atoms with E-state index in [9.17, 15) is 4.79 Å². The van der Waals surface area contributed by atoms with Gasteiger partial charge in [-0.15, -0.1) is 0 Å². The van der Waals surface area contributed by atoms with E-state index in [2.05, 4.69) is 27.4 Å². The highest BCUT2D eigenvalue weighted by atomic mass is 16.5. The molecule has 1 aliphatic heterocycles. The normalized spacial score (nSPS) is 21.2. The second kappa shape index (κ2) is 8.33. The highest BCUT2D eigenvalue weighted by Gasteiger charge is 2.18. The SMILES string of the molecule is C[C@H]1CN(c2cc(CNC(=O)NCCC3CCC3)ccn2)CCO1. The lowest BCUT2D eigenvalue weighted by atomic mass is 9.83. The molecule has 1 saturated heterocycles. The Bertz CT molecular complexity index is 548. The molecule has 6 heteroatoms. The highest BCUT2D eigenvalue weighted by Crippen LogP contribution is 2.28. The first-order chi connectivity index (χ1) is 11.7. The third-order valence-corrected chi connectivity index (χ3v) is 4.89. The van der Waals surface area contributed by atoms with Crippen LogP contribution in [-0.4, -0.2) is 43.4 Å². The van der Waals surface area contributed by atoms with Crippen molar-refractivity contribution in [1.82, 2.24) is 15.6 Å². The predicted molar refractivity (Wildman–Crippen MR) is 94.1 cm³/mol. The number of morpholine rings is 1. The van der Waals surface area contributed by atoms with Gasteiger partial charge >= 0.3 is 6.03 Å². The summed E-state index contributed by atoms with van der Waals surface area (Å²) in [7, 11) is 0. The van der Waals surface area contributed by atoms with Crippen molar-refractivity contribution in [1.29, 1.82) is 0 Å². The van der Waals surface area contributed by atoms with Gasteiger partial charge in [-0.1, -0.05) is 19.3 Å². The van der Waals surface area contributed by atoms with Crippen molar-refractivity contribution in [3.8, 4) is 0 Å². The molecule has 2 heterocycles. The van der Waals surface area contributed by atoms with E-state index in [0.29, 0.717) is 6.54 Å². The Morgan fingerprint density at radius 1 is 1.42 bits per heavy atom. The van der Waals surface area contributed by atoms with Gasteiger partial charge in [0, 0.05) is 32.4 Å². The quantitative estimate of drug-likeness (QED) is 0.839. The molecule has 2 aliphatic rings. The monoisotopic (exact) mass is 332 g/mol. The minimum absolute atomic E-state index is 0.0901. The fourth-order valence-electron chi connectivity index (χ4n) is 3.19. The van der Waals surface area contributed by atoms with E-state index in [4.69, 9.17) is 4.74 Å². The van der Waals surface area contributed by atoms with Crippen LogP contribution in [0.2, 0.25) is 0 Å². The van der Waals surface area contributed by atoms with Crippen molar-refractivity contribution in [2.45, 2.75) is 45.3 Å². The third-order valence-electron chi connectivity index (χ3n) is 4.89. The summed E-state index contributed by atoms with van der Waals surface area (Å²) in [6, 6.07) is 3.90. The first-order valence-electron chi connectivity index (χ1n) is 9.04. The van der Waals surface area contributed by atoms with E-state index in [1.165, 1.54) is 19.3 Å². The average molecular weight is 332 g/mol. The van der Waals surface area contributed by atoms with Gasteiger partial charge in [0.15, 0.2) is 0 Å². The van der Waals surface area contributed by atoms with Crippen LogP contribution in [0, 0.1) is 5.92 Å². The van der Waals surface area contributed by atoms with Gasteiger partial charge in [-0.25, -0.2) is 9.78 Å². The fraction of sp³-hybridized carbons (Fsp3) is 0.667. The molecule has 132 valence electrons. The Labute approximate surface area is 144 Å². The summed E-state index contributed by atoms with van der Waals surface area (Å²) in [4.78, 5) is 18.6. The smallest absolute Gasteiger partial charge is 0.315 e. The predicted octanol–water partition coefficient (Wildman–Crippen LogP) is 2.30. The van der Waals surface area contributed by atoms with Gasteiger partial charge in [-0.05, 0) is 37.0 Å². The Morgan fingerprint density at radius 3 is 3.04 bits per heavy atom. The lowest BCUT2D eigenvalue weighted by Crippen LogP contribution is -2.41. The molecular formula is C18H28N4O2. The molecule has 2 amide bonds. The fourth-order valence-corrected chi connectivity index (χ4v) is 3.19. The number of ether oxygens (including phenoxy) is 1. The van der Waals surface area contributed by atoms with Gasteiger partial charge in [0.2, 0.25) is 0 Å². The van der Waals surface area contributed by atoms with Crippen LogP contribution in [0.1, 0.15) is 38.2 Å². The number of urea groups is 1. The minimum Gasteiger partial charge on any atom is -0.375 e. The number of pyridine rings is 1. The van der Waals surface area contributed by atoms with Crippen LogP contribution in [0.4, 0.5) is 10.6 Å². The molecule has 0 radical (unpaired) electrons. The van der Waals surface area contributed by atoms with E-state index in [-0.39, 0.29) is 12.1 Å². The van der Waals surface area contributed by atoms with Crippen LogP contribution < -0.4 is 15.5 Å². The number of hydrogen-bond acceptors (Lipinski definition) is 4. The number of carbonyl (C=O) groups excluding carboxylic acids is 1. The molecule has 1 aliphatic carbocycles. The number of aromatic nitrogens is 1. The second-order valence-corrected chi connectivity index (χ2v) is 6.84. The number of nitrogens with one attached hydrogen (secondary N) is 2. The molecule has 1 saturated carbocycles. The van der Waals surface area contributed by atoms with Crippen molar-refractivity contribution in [3.05, 3.63) is 23.9 Å². The molecule has 1 aromatic heterocycles. The van der Waals surface area contributed by atoms with E-state index in [0.717, 1.165) is 50.0 Å². The van der Waals surface area contributed by atoms with Gasteiger partial charge in [0.1, 0.15) is 5.82 Å². The van der Waals surface area contributed by atoms with Gasteiger partial charge in [0.05, 0.1) is 12.7 Å². The van der Waals surface area contributed by atoms with Crippen LogP contribution >= 0.6 is 0 Å². The van der Waals surface area contributed by atoms with Crippen molar-refractivity contribution in [2.24, 2.45) is 5.92 Å². The lowest BCUT2D eigenvalue weighted by molar-refractivity contribution is 0.0529. The molecule has 2 fully saturated rings. The van der Waals surface area contributed by atoms with Crippen LogP contribution in [0.5, 0.6) is 0 Å². The van der Waals surface area contributed by atoms with Crippen molar-refractivity contribution in [2.75, 3.05) is 31.1 Å². The molecule has 6 nitrogen and oxygen atoms in total. The molecule has 0 unspecified atom stereocenters. The number of nitrogens with zero attached hydrogens (tertiary/aromatic N) is 2. The van der Waals surface area contributed by atoms with Crippen molar-refractivity contribution < 1.29 is 9.53 Å². The molecule has 2 N–H and O–H groups in total. The van der Waals surface area contributed by atoms with E-state index >= 15 is 0 Å². The van der Waals surface area contributed by atoms with Gasteiger partial charge in [-0.2, -0.15) is 0 Å². The Hall–Kier alpha value is -1.82. The first-order valence-corrected chi connectivity index (χ1v) is 9.04. The summed E-state index contributed by atoms with van der Waals surface area (Å²) >= 11 is 0. The second-order valence-electron chi connectivity index (χ2n) is 6.84. The maximum absolute atomic E-state index is 11.9. The molecule has 0 spiro atoms. The molecule has 3 rings (SSSR count). The number of hydrogen-bond donors (Lipinski definition) is 2. The molecule has 1 atom stereocenters. The summed E-state index contributed by atoms with van der Waals surface area (Å²) in [6.45, 7) is 5.80. The zero-order valence-electron chi connectivity index (χ0n) is 14.5. The van der Waals surface area contributed by atoms with Crippen molar-refractivity contribution >= 4 is 11.8 Å². The maximum Gasteiger partial charge on any atom is 0.315 e.